The van der Waals surface area contributed by atoms with Crippen LogP contribution in [0.25, 0.3) is 21.8 Å². The van der Waals surface area contributed by atoms with E-state index in [1.54, 1.807) is 0 Å². The number of halogens is 1. The zero-order chi connectivity index (χ0) is 16.4. The van der Waals surface area contributed by atoms with Crippen molar-refractivity contribution in [1.82, 2.24) is 4.98 Å². The smallest absolute Gasteiger partial charge is 0.281 e. The molecule has 0 radical (unpaired) electrons. The normalized spacial score (nSPS) is 10.4. The van der Waals surface area contributed by atoms with Gasteiger partial charge in [-0.1, -0.05) is 18.2 Å². The van der Waals surface area contributed by atoms with Crippen LogP contribution in [0.2, 0.25) is 0 Å². The van der Waals surface area contributed by atoms with Crippen LogP contribution in [-0.2, 0) is 0 Å². The van der Waals surface area contributed by atoms with E-state index >= 15 is 0 Å². The second kappa shape index (κ2) is 7.29. The van der Waals surface area contributed by atoms with E-state index in [1.165, 1.54) is 19.2 Å². The molecule has 7 nitrogen and oxygen atoms in total. The van der Waals surface area contributed by atoms with Gasteiger partial charge in [0.15, 0.2) is 0 Å². The number of aliphatic hydroxyl groups excluding tert-OH is 1. The van der Waals surface area contributed by atoms with Crippen molar-refractivity contribution in [3.05, 3.63) is 46.5 Å². The van der Waals surface area contributed by atoms with Gasteiger partial charge in [-0.3, -0.25) is 10.1 Å². The minimum Gasteiger partial charge on any atom is -0.494 e. The molecule has 0 amide bonds. The molecule has 126 valence electrons. The predicted octanol–water partition coefficient (Wildman–Crippen LogP) is 3.13. The van der Waals surface area contributed by atoms with Crippen LogP contribution in [0.1, 0.15) is 0 Å². The summed E-state index contributed by atoms with van der Waals surface area (Å²) in [5, 5.41) is 24.8. The molecule has 0 saturated heterocycles. The van der Waals surface area contributed by atoms with Gasteiger partial charge in [-0.2, -0.15) is 0 Å². The number of pyridine rings is 1. The Kier molecular flexibility index (Phi) is 5.38. The first kappa shape index (κ1) is 17.7. The fourth-order valence-corrected chi connectivity index (χ4v) is 2.64. The number of hydrogen-bond acceptors (Lipinski definition) is 6. The van der Waals surface area contributed by atoms with E-state index in [9.17, 15) is 10.1 Å². The third-order valence-electron chi connectivity index (χ3n) is 3.60. The molecule has 24 heavy (non-hydrogen) atoms. The molecule has 0 bridgehead atoms. The van der Waals surface area contributed by atoms with Crippen molar-refractivity contribution in [2.75, 3.05) is 25.6 Å². The molecule has 0 saturated carbocycles. The minimum absolute atomic E-state index is 0. The zero-order valence-electron chi connectivity index (χ0n) is 12.9. The average Bonchev–Trinajstić information content (AvgIpc) is 2.57. The summed E-state index contributed by atoms with van der Waals surface area (Å²) in [6.07, 6.45) is 0. The van der Waals surface area contributed by atoms with Crippen molar-refractivity contribution in [2.24, 2.45) is 0 Å². The summed E-state index contributed by atoms with van der Waals surface area (Å²) >= 11 is 0. The number of fused-ring (bicyclic) bond motifs is 2. The number of ether oxygens (including phenoxy) is 1. The molecular formula is C16H16ClN3O4. The number of non-ortho nitro benzene ring substituents is 1. The summed E-state index contributed by atoms with van der Waals surface area (Å²) in [4.78, 5) is 15.5. The fourth-order valence-electron chi connectivity index (χ4n) is 2.64. The van der Waals surface area contributed by atoms with Gasteiger partial charge in [-0.25, -0.2) is 4.98 Å². The lowest BCUT2D eigenvalue weighted by atomic mass is 10.1. The average molecular weight is 350 g/mol. The monoisotopic (exact) mass is 349 g/mol. The predicted molar refractivity (Wildman–Crippen MR) is 95.3 cm³/mol. The number of nitro benzene ring substituents is 1. The Hall–Kier alpha value is -2.64. The van der Waals surface area contributed by atoms with Gasteiger partial charge in [-0.15, -0.1) is 12.4 Å². The lowest BCUT2D eigenvalue weighted by molar-refractivity contribution is -0.383. The zero-order valence-corrected chi connectivity index (χ0v) is 13.7. The maximum absolute atomic E-state index is 11.4. The minimum atomic E-state index is -0.442. The van der Waals surface area contributed by atoms with Crippen LogP contribution in [-0.4, -0.2) is 35.3 Å². The van der Waals surface area contributed by atoms with E-state index in [0.717, 1.165) is 5.39 Å². The molecule has 0 fully saturated rings. The first-order valence-corrected chi connectivity index (χ1v) is 7.06. The lowest BCUT2D eigenvalue weighted by Crippen LogP contribution is -2.08. The molecule has 0 aliphatic carbocycles. The summed E-state index contributed by atoms with van der Waals surface area (Å²) in [7, 11) is 1.50. The number of aromatic nitrogens is 1. The van der Waals surface area contributed by atoms with Crippen molar-refractivity contribution >= 4 is 45.6 Å². The Labute approximate surface area is 143 Å². The number of nitro groups is 1. The summed E-state index contributed by atoms with van der Waals surface area (Å²) in [6, 6.07) is 10.3. The van der Waals surface area contributed by atoms with Gasteiger partial charge < -0.3 is 15.2 Å². The number of hydrogen-bond donors (Lipinski definition) is 2. The lowest BCUT2D eigenvalue weighted by Gasteiger charge is -2.14. The van der Waals surface area contributed by atoms with Crippen LogP contribution in [0.4, 0.5) is 11.4 Å². The topological polar surface area (TPSA) is 97.5 Å². The molecule has 0 aliphatic heterocycles. The number of benzene rings is 2. The van der Waals surface area contributed by atoms with Gasteiger partial charge >= 0.3 is 0 Å². The highest BCUT2D eigenvalue weighted by Gasteiger charge is 2.21. The number of para-hydroxylation sites is 1. The highest BCUT2D eigenvalue weighted by Crippen LogP contribution is 2.40. The second-order valence-electron chi connectivity index (χ2n) is 4.92. The molecule has 3 aromatic rings. The summed E-state index contributed by atoms with van der Waals surface area (Å²) in [5.74, 6) is 0.461. The Morgan fingerprint density at radius 3 is 2.71 bits per heavy atom. The van der Waals surface area contributed by atoms with Gasteiger partial charge in [0.05, 0.1) is 29.8 Å². The molecule has 1 heterocycles. The van der Waals surface area contributed by atoms with E-state index in [1.807, 2.05) is 24.3 Å². The third-order valence-corrected chi connectivity index (χ3v) is 3.60. The number of nitrogens with one attached hydrogen (secondary N) is 1. The Balaban J connectivity index is 0.00000208. The van der Waals surface area contributed by atoms with Crippen LogP contribution < -0.4 is 10.1 Å². The van der Waals surface area contributed by atoms with Crippen LogP contribution in [0.5, 0.6) is 5.75 Å². The molecule has 0 aliphatic rings. The van der Waals surface area contributed by atoms with Gasteiger partial charge in [-0.05, 0) is 12.1 Å². The Morgan fingerprint density at radius 1 is 1.29 bits per heavy atom. The van der Waals surface area contributed by atoms with Crippen LogP contribution >= 0.6 is 12.4 Å². The van der Waals surface area contributed by atoms with Gasteiger partial charge in [0.25, 0.3) is 5.69 Å². The van der Waals surface area contributed by atoms with Crippen LogP contribution in [0, 0.1) is 10.1 Å². The molecular weight excluding hydrogens is 334 g/mol. The quantitative estimate of drug-likeness (QED) is 0.417. The standard InChI is InChI=1S/C16H15N3O4.ClH/c1-23-13-7-6-12(19(21)22)14-15(17-8-9-20)10-4-2-3-5-11(10)18-16(13)14;/h2-7,20H,8-9H2,1H3,(H,17,18);1H. The molecule has 2 aromatic carbocycles. The first-order valence-electron chi connectivity index (χ1n) is 7.06. The molecule has 0 spiro atoms. The van der Waals surface area contributed by atoms with Crippen molar-refractivity contribution in [3.8, 4) is 5.75 Å². The number of aliphatic hydroxyl groups is 1. The van der Waals surface area contributed by atoms with Gasteiger partial charge in [0.1, 0.15) is 16.7 Å². The second-order valence-corrected chi connectivity index (χ2v) is 4.92. The molecule has 0 atom stereocenters. The SMILES string of the molecule is COc1ccc([N+](=O)[O-])c2c(NCCO)c3ccccc3nc12.Cl. The molecule has 3 rings (SSSR count). The molecule has 2 N–H and O–H groups in total. The number of anilines is 1. The van der Waals surface area contributed by atoms with Crippen molar-refractivity contribution in [2.45, 2.75) is 0 Å². The molecule has 1 aromatic heterocycles. The fraction of sp³-hybridized carbons (Fsp3) is 0.188. The summed E-state index contributed by atoms with van der Waals surface area (Å²) < 4.78 is 5.31. The third kappa shape index (κ3) is 2.91. The van der Waals surface area contributed by atoms with E-state index in [4.69, 9.17) is 9.84 Å². The largest absolute Gasteiger partial charge is 0.494 e. The molecule has 0 unspecified atom stereocenters. The maximum atomic E-state index is 11.4. The summed E-state index contributed by atoms with van der Waals surface area (Å²) in [5.41, 5.74) is 1.63. The number of nitrogens with zero attached hydrogens (tertiary/aromatic N) is 2. The molecule has 8 heteroatoms. The van der Waals surface area contributed by atoms with E-state index in [0.29, 0.717) is 27.9 Å². The van der Waals surface area contributed by atoms with Gasteiger partial charge in [0, 0.05) is 18.0 Å². The van der Waals surface area contributed by atoms with Crippen molar-refractivity contribution < 1.29 is 14.8 Å². The van der Waals surface area contributed by atoms with Gasteiger partial charge in [0.2, 0.25) is 0 Å². The summed E-state index contributed by atoms with van der Waals surface area (Å²) in [6.45, 7) is 0.188. The highest BCUT2D eigenvalue weighted by molar-refractivity contribution is 6.12. The van der Waals surface area contributed by atoms with Crippen LogP contribution in [0.15, 0.2) is 36.4 Å². The van der Waals surface area contributed by atoms with Crippen LogP contribution in [0.3, 0.4) is 0 Å². The van der Waals surface area contributed by atoms with E-state index < -0.39 is 4.92 Å². The number of methoxy groups -OCH3 is 1. The maximum Gasteiger partial charge on any atom is 0.281 e. The van der Waals surface area contributed by atoms with E-state index in [2.05, 4.69) is 10.3 Å². The Morgan fingerprint density at radius 2 is 2.04 bits per heavy atom. The van der Waals surface area contributed by atoms with E-state index in [-0.39, 0.29) is 31.2 Å². The first-order chi connectivity index (χ1) is 11.2. The number of rotatable bonds is 5. The highest BCUT2D eigenvalue weighted by atomic mass is 35.5. The van der Waals surface area contributed by atoms with Crippen molar-refractivity contribution in [3.63, 3.8) is 0 Å². The Bertz CT molecular complexity index is 901. The van der Waals surface area contributed by atoms with Crippen molar-refractivity contribution in [1.29, 1.82) is 0 Å².